The van der Waals surface area contributed by atoms with E-state index in [-0.39, 0.29) is 11.8 Å². The molecule has 2 nitrogen and oxygen atoms in total. The lowest BCUT2D eigenvalue weighted by Crippen LogP contribution is -2.02. The number of amides is 1. The molecule has 0 aliphatic carbocycles. The van der Waals surface area contributed by atoms with E-state index in [1.807, 2.05) is 54.6 Å². The SMILES string of the molecule is O=C(CCl)/N=S1\c2ccccc2C=Cc2ccc(Cl)cc21. The molecule has 0 N–H and O–H groups in total. The van der Waals surface area contributed by atoms with Crippen LogP contribution in [0.2, 0.25) is 5.02 Å². The van der Waals surface area contributed by atoms with E-state index >= 15 is 0 Å². The number of hydrogen-bond donors (Lipinski definition) is 0. The van der Waals surface area contributed by atoms with Gasteiger partial charge in [0.05, 0.1) is 0 Å². The van der Waals surface area contributed by atoms with Crippen molar-refractivity contribution in [2.45, 2.75) is 9.79 Å². The lowest BCUT2D eigenvalue weighted by Gasteiger charge is -2.11. The number of hydrogen-bond acceptors (Lipinski definition) is 1. The van der Waals surface area contributed by atoms with Crippen LogP contribution in [0.5, 0.6) is 0 Å². The van der Waals surface area contributed by atoms with E-state index in [2.05, 4.69) is 4.36 Å². The zero-order valence-electron chi connectivity index (χ0n) is 10.9. The number of benzene rings is 2. The summed E-state index contributed by atoms with van der Waals surface area (Å²) < 4.78 is 4.30. The molecule has 3 rings (SSSR count). The van der Waals surface area contributed by atoms with Crippen molar-refractivity contribution in [1.29, 1.82) is 0 Å². The Kier molecular flexibility index (Phi) is 4.24. The van der Waals surface area contributed by atoms with Crippen molar-refractivity contribution in [2.24, 2.45) is 4.36 Å². The van der Waals surface area contributed by atoms with Gasteiger partial charge in [0.15, 0.2) is 0 Å². The Labute approximate surface area is 135 Å². The molecule has 0 spiro atoms. The first-order valence-corrected chi connectivity index (χ1v) is 8.40. The Balaban J connectivity index is 2.31. The van der Waals surface area contributed by atoms with Gasteiger partial charge < -0.3 is 0 Å². The second-order valence-corrected chi connectivity index (χ2v) is 6.79. The minimum Gasteiger partial charge on any atom is -0.271 e. The molecule has 1 aliphatic heterocycles. The van der Waals surface area contributed by atoms with E-state index in [4.69, 9.17) is 23.2 Å². The molecule has 1 amide bonds. The minimum absolute atomic E-state index is 0.116. The van der Waals surface area contributed by atoms with E-state index in [9.17, 15) is 4.79 Å². The highest BCUT2D eigenvalue weighted by Gasteiger charge is 2.16. The number of fused-ring (bicyclic) bond motifs is 2. The van der Waals surface area contributed by atoms with Crippen molar-refractivity contribution in [3.8, 4) is 0 Å². The van der Waals surface area contributed by atoms with Crippen LogP contribution in [0.15, 0.2) is 56.6 Å². The molecule has 2 aromatic rings. The molecule has 0 fully saturated rings. The van der Waals surface area contributed by atoms with Crippen molar-refractivity contribution < 1.29 is 4.79 Å². The van der Waals surface area contributed by atoms with Crippen LogP contribution in [-0.4, -0.2) is 11.8 Å². The van der Waals surface area contributed by atoms with E-state index in [0.29, 0.717) is 5.02 Å². The molecule has 0 radical (unpaired) electrons. The average molecular weight is 336 g/mol. The number of rotatable bonds is 1. The van der Waals surface area contributed by atoms with Crippen molar-refractivity contribution in [3.05, 3.63) is 58.6 Å². The lowest BCUT2D eigenvalue weighted by atomic mass is 10.1. The summed E-state index contributed by atoms with van der Waals surface area (Å²) in [5, 5.41) is 0.632. The van der Waals surface area contributed by atoms with Crippen molar-refractivity contribution in [2.75, 3.05) is 5.88 Å². The Hall–Kier alpha value is -1.42. The van der Waals surface area contributed by atoms with E-state index in [1.54, 1.807) is 0 Å². The van der Waals surface area contributed by atoms with Crippen LogP contribution >= 0.6 is 23.2 Å². The van der Waals surface area contributed by atoms with Crippen LogP contribution in [0.4, 0.5) is 0 Å². The number of alkyl halides is 1. The first kappa shape index (κ1) is 14.5. The van der Waals surface area contributed by atoms with E-state index in [0.717, 1.165) is 20.9 Å². The van der Waals surface area contributed by atoms with Gasteiger partial charge in [-0.2, -0.15) is 4.36 Å². The summed E-state index contributed by atoms with van der Waals surface area (Å²) >= 11 is 11.7. The Morgan fingerprint density at radius 1 is 1.05 bits per heavy atom. The van der Waals surface area contributed by atoms with Gasteiger partial charge in [-0.25, -0.2) is 0 Å². The van der Waals surface area contributed by atoms with E-state index in [1.165, 1.54) is 0 Å². The molecular weight excluding hydrogens is 325 g/mol. The number of carbonyl (C=O) groups excluding carboxylic acids is 1. The first-order chi connectivity index (χ1) is 10.2. The van der Waals surface area contributed by atoms with Gasteiger partial charge in [0.1, 0.15) is 5.88 Å². The maximum absolute atomic E-state index is 11.8. The van der Waals surface area contributed by atoms with Crippen LogP contribution in [-0.2, 0) is 15.5 Å². The second-order valence-electron chi connectivity index (χ2n) is 4.46. The topological polar surface area (TPSA) is 29.4 Å². The van der Waals surface area contributed by atoms with E-state index < -0.39 is 10.7 Å². The van der Waals surface area contributed by atoms with Gasteiger partial charge in [-0.1, -0.05) is 48.0 Å². The molecule has 1 heterocycles. The van der Waals surface area contributed by atoms with Gasteiger partial charge in [-0.05, 0) is 40.0 Å². The number of nitrogens with zero attached hydrogens (tertiary/aromatic N) is 1. The fourth-order valence-corrected chi connectivity index (χ4v) is 4.36. The van der Waals surface area contributed by atoms with Crippen LogP contribution in [0.3, 0.4) is 0 Å². The molecular formula is C16H11Cl2NOS. The van der Waals surface area contributed by atoms with Gasteiger partial charge in [-0.15, -0.1) is 11.6 Å². The highest BCUT2D eigenvalue weighted by Crippen LogP contribution is 2.32. The Morgan fingerprint density at radius 3 is 2.52 bits per heavy atom. The van der Waals surface area contributed by atoms with Gasteiger partial charge >= 0.3 is 0 Å². The van der Waals surface area contributed by atoms with Crippen molar-refractivity contribution in [3.63, 3.8) is 0 Å². The molecule has 2 aromatic carbocycles. The smallest absolute Gasteiger partial charge is 0.267 e. The summed E-state index contributed by atoms with van der Waals surface area (Å²) in [6.07, 6.45) is 4.06. The zero-order chi connectivity index (χ0) is 14.8. The number of carbonyl (C=O) groups is 1. The molecule has 21 heavy (non-hydrogen) atoms. The minimum atomic E-state index is -0.708. The third-order valence-electron chi connectivity index (χ3n) is 3.06. The molecule has 0 saturated heterocycles. The third kappa shape index (κ3) is 2.95. The van der Waals surface area contributed by atoms with Crippen LogP contribution < -0.4 is 0 Å². The standard InChI is InChI=1S/C16H11Cl2NOS/c17-10-16(20)19-21-14-4-2-1-3-11(14)5-6-12-7-8-13(18)9-15(12)21/h1-9H,10H2. The largest absolute Gasteiger partial charge is 0.271 e. The van der Waals surface area contributed by atoms with Gasteiger partial charge in [0, 0.05) is 14.8 Å². The van der Waals surface area contributed by atoms with Gasteiger partial charge in [0.2, 0.25) is 0 Å². The highest BCUT2D eigenvalue weighted by molar-refractivity contribution is 7.88. The summed E-state index contributed by atoms with van der Waals surface area (Å²) in [7, 11) is -0.708. The van der Waals surface area contributed by atoms with Crippen molar-refractivity contribution >= 4 is 52.0 Å². The monoisotopic (exact) mass is 335 g/mol. The Bertz CT molecular complexity index is 784. The summed E-state index contributed by atoms with van der Waals surface area (Å²) in [4.78, 5) is 13.7. The van der Waals surface area contributed by atoms with Gasteiger partial charge in [0.25, 0.3) is 5.91 Å². The fourth-order valence-electron chi connectivity index (χ4n) is 2.13. The van der Waals surface area contributed by atoms with Crippen LogP contribution in [0.25, 0.3) is 12.2 Å². The molecule has 1 unspecified atom stereocenters. The quantitative estimate of drug-likeness (QED) is 0.587. The lowest BCUT2D eigenvalue weighted by molar-refractivity contribution is -0.115. The Morgan fingerprint density at radius 2 is 1.76 bits per heavy atom. The molecule has 0 saturated carbocycles. The highest BCUT2D eigenvalue weighted by atomic mass is 35.5. The summed E-state index contributed by atoms with van der Waals surface area (Å²) in [6, 6.07) is 13.6. The van der Waals surface area contributed by atoms with Crippen molar-refractivity contribution in [1.82, 2.24) is 0 Å². The maximum Gasteiger partial charge on any atom is 0.267 e. The van der Waals surface area contributed by atoms with Crippen LogP contribution in [0, 0.1) is 0 Å². The molecule has 0 bridgehead atoms. The van der Waals surface area contributed by atoms with Gasteiger partial charge in [-0.3, -0.25) is 4.79 Å². The summed E-state index contributed by atoms with van der Waals surface area (Å²) in [5.41, 5.74) is 2.07. The molecule has 106 valence electrons. The molecule has 1 atom stereocenters. The molecule has 5 heteroatoms. The maximum atomic E-state index is 11.8. The molecule has 0 aromatic heterocycles. The third-order valence-corrected chi connectivity index (χ3v) is 5.47. The predicted octanol–water partition coefficient (Wildman–Crippen LogP) is 4.81. The summed E-state index contributed by atoms with van der Waals surface area (Å²) in [5.74, 6) is -0.433. The van der Waals surface area contributed by atoms with Crippen LogP contribution in [0.1, 0.15) is 11.1 Å². The fraction of sp³-hybridized carbons (Fsp3) is 0.0625. The predicted molar refractivity (Wildman–Crippen MR) is 88.9 cm³/mol. The first-order valence-electron chi connectivity index (χ1n) is 6.30. The zero-order valence-corrected chi connectivity index (χ0v) is 13.3. The summed E-state index contributed by atoms with van der Waals surface area (Å²) in [6.45, 7) is 0. The normalized spacial score (nSPS) is 16.2. The average Bonchev–Trinajstić information content (AvgIpc) is 2.65. The second kappa shape index (κ2) is 6.14. The number of halogens is 2. The molecule has 1 aliphatic rings.